The van der Waals surface area contributed by atoms with Crippen LogP contribution in [0.2, 0.25) is 0 Å². The van der Waals surface area contributed by atoms with Gasteiger partial charge in [0.2, 0.25) is 5.91 Å². The van der Waals surface area contributed by atoms with Gasteiger partial charge >= 0.3 is 0 Å². The first-order chi connectivity index (χ1) is 11.2. The summed E-state index contributed by atoms with van der Waals surface area (Å²) in [5, 5.41) is 0. The van der Waals surface area contributed by atoms with Gasteiger partial charge in [0.1, 0.15) is 0 Å². The average molecular weight is 325 g/mol. The van der Waals surface area contributed by atoms with E-state index < -0.39 is 0 Å². The molecule has 0 saturated carbocycles. The second kappa shape index (κ2) is 7.60. The van der Waals surface area contributed by atoms with E-state index in [2.05, 4.69) is 49.4 Å². The maximum atomic E-state index is 12.3. The van der Waals surface area contributed by atoms with Gasteiger partial charge in [0, 0.05) is 28.9 Å². The number of rotatable bonds is 4. The van der Waals surface area contributed by atoms with Crippen molar-refractivity contribution in [3.8, 4) is 0 Å². The molecule has 1 aromatic carbocycles. The van der Waals surface area contributed by atoms with Crippen LogP contribution in [0.1, 0.15) is 28.2 Å². The Balaban J connectivity index is 1.48. The first-order valence-electron chi connectivity index (χ1n) is 8.28. The number of aryl methyl sites for hydroxylation is 1. The summed E-state index contributed by atoms with van der Waals surface area (Å²) < 4.78 is 0. The summed E-state index contributed by atoms with van der Waals surface area (Å²) in [7, 11) is 0. The lowest BCUT2D eigenvalue weighted by atomic mass is 9.90. The third-order valence-corrected chi connectivity index (χ3v) is 5.41. The monoisotopic (exact) mass is 325 g/mol. The Morgan fingerprint density at radius 2 is 1.91 bits per heavy atom. The first-order valence-corrected chi connectivity index (χ1v) is 9.10. The number of nitrogens with zero attached hydrogens (tertiary/aromatic N) is 1. The molecule has 3 rings (SSSR count). The molecule has 1 aliphatic heterocycles. The summed E-state index contributed by atoms with van der Waals surface area (Å²) in [6, 6.07) is 14.8. The van der Waals surface area contributed by atoms with Gasteiger partial charge in [-0.05, 0) is 55.9 Å². The second-order valence-corrected chi connectivity index (χ2v) is 7.56. The normalized spacial score (nSPS) is 16.1. The summed E-state index contributed by atoms with van der Waals surface area (Å²) in [6.07, 6.45) is 7.01. The van der Waals surface area contributed by atoms with Crippen molar-refractivity contribution >= 4 is 23.3 Å². The van der Waals surface area contributed by atoms with Gasteiger partial charge in [0.05, 0.1) is 0 Å². The van der Waals surface area contributed by atoms with Crippen LogP contribution in [0.3, 0.4) is 0 Å². The number of hydrogen-bond acceptors (Lipinski definition) is 2. The molecule has 1 amide bonds. The predicted molar refractivity (Wildman–Crippen MR) is 97.5 cm³/mol. The summed E-state index contributed by atoms with van der Waals surface area (Å²) >= 11 is 1.72. The van der Waals surface area contributed by atoms with Crippen molar-refractivity contribution in [1.29, 1.82) is 0 Å². The van der Waals surface area contributed by atoms with Gasteiger partial charge in [-0.3, -0.25) is 4.79 Å². The standard InChI is InChI=1S/C20H23NOS/c1-16-7-8-19(23-16)9-10-20(22)21-13-11-18(12-14-21)15-17-5-3-2-4-6-17/h2-10,18H,11-15H2,1H3/b10-9+. The van der Waals surface area contributed by atoms with Gasteiger partial charge in [0.15, 0.2) is 0 Å². The summed E-state index contributed by atoms with van der Waals surface area (Å²) in [5.74, 6) is 0.847. The Kier molecular flexibility index (Phi) is 5.29. The van der Waals surface area contributed by atoms with E-state index in [0.717, 1.165) is 37.2 Å². The maximum absolute atomic E-state index is 12.3. The van der Waals surface area contributed by atoms with Crippen molar-refractivity contribution in [1.82, 2.24) is 4.90 Å². The predicted octanol–water partition coefficient (Wildman–Crippen LogP) is 4.55. The SMILES string of the molecule is Cc1ccc(/C=C/C(=O)N2CCC(Cc3ccccc3)CC2)s1. The Morgan fingerprint density at radius 3 is 2.57 bits per heavy atom. The minimum atomic E-state index is 0.147. The molecule has 23 heavy (non-hydrogen) atoms. The van der Waals surface area contributed by atoms with Crippen LogP contribution in [-0.2, 0) is 11.2 Å². The summed E-state index contributed by atoms with van der Waals surface area (Å²) in [4.78, 5) is 16.7. The molecule has 0 N–H and O–H groups in total. The molecule has 0 bridgehead atoms. The van der Waals surface area contributed by atoms with Gasteiger partial charge in [-0.1, -0.05) is 30.3 Å². The van der Waals surface area contributed by atoms with Gasteiger partial charge in [0.25, 0.3) is 0 Å². The van der Waals surface area contributed by atoms with Gasteiger partial charge in [-0.25, -0.2) is 0 Å². The Hall–Kier alpha value is -1.87. The topological polar surface area (TPSA) is 20.3 Å². The Labute approximate surface area is 142 Å². The smallest absolute Gasteiger partial charge is 0.246 e. The van der Waals surface area contributed by atoms with E-state index in [9.17, 15) is 4.79 Å². The Bertz CT molecular complexity index is 666. The fourth-order valence-corrected chi connectivity index (χ4v) is 3.89. The lowest BCUT2D eigenvalue weighted by molar-refractivity contribution is -0.127. The van der Waals surface area contributed by atoms with Crippen LogP contribution in [0, 0.1) is 12.8 Å². The highest BCUT2D eigenvalue weighted by molar-refractivity contribution is 7.12. The molecule has 3 heteroatoms. The molecule has 1 aromatic heterocycles. The lowest BCUT2D eigenvalue weighted by Crippen LogP contribution is -2.37. The summed E-state index contributed by atoms with van der Waals surface area (Å²) in [5.41, 5.74) is 1.41. The van der Waals surface area contributed by atoms with E-state index >= 15 is 0 Å². The highest BCUT2D eigenvalue weighted by atomic mass is 32.1. The van der Waals surface area contributed by atoms with E-state index in [1.807, 2.05) is 11.0 Å². The summed E-state index contributed by atoms with van der Waals surface area (Å²) in [6.45, 7) is 3.84. The quantitative estimate of drug-likeness (QED) is 0.755. The number of likely N-dealkylation sites (tertiary alicyclic amines) is 1. The van der Waals surface area contributed by atoms with E-state index in [-0.39, 0.29) is 5.91 Å². The highest BCUT2D eigenvalue weighted by Crippen LogP contribution is 2.22. The second-order valence-electron chi connectivity index (χ2n) is 6.24. The molecule has 0 atom stereocenters. The molecule has 1 saturated heterocycles. The molecule has 2 aromatic rings. The van der Waals surface area contributed by atoms with E-state index in [1.54, 1.807) is 17.4 Å². The van der Waals surface area contributed by atoms with Crippen molar-refractivity contribution in [2.45, 2.75) is 26.2 Å². The molecular weight excluding hydrogens is 302 g/mol. The van der Waals surface area contributed by atoms with Gasteiger partial charge in [-0.15, -0.1) is 11.3 Å². The minimum Gasteiger partial charge on any atom is -0.339 e. The van der Waals surface area contributed by atoms with Gasteiger partial charge in [-0.2, -0.15) is 0 Å². The molecule has 2 nitrogen and oxygen atoms in total. The van der Waals surface area contributed by atoms with Crippen LogP contribution in [0.5, 0.6) is 0 Å². The third kappa shape index (κ3) is 4.55. The van der Waals surface area contributed by atoms with Crippen molar-refractivity contribution < 1.29 is 4.79 Å². The molecular formula is C20H23NOS. The molecule has 0 unspecified atom stereocenters. The molecule has 0 spiro atoms. The van der Waals surface area contributed by atoms with Gasteiger partial charge < -0.3 is 4.90 Å². The number of amides is 1. The number of carbonyl (C=O) groups excluding carboxylic acids is 1. The van der Waals surface area contributed by atoms with Crippen LogP contribution in [0.25, 0.3) is 6.08 Å². The molecule has 1 fully saturated rings. The van der Waals surface area contributed by atoms with Crippen molar-refractivity contribution in [2.24, 2.45) is 5.92 Å². The third-order valence-electron chi connectivity index (χ3n) is 4.44. The first kappa shape index (κ1) is 16.0. The fourth-order valence-electron chi connectivity index (χ4n) is 3.11. The van der Waals surface area contributed by atoms with Crippen molar-refractivity contribution in [2.75, 3.05) is 13.1 Å². The van der Waals surface area contributed by atoms with Crippen molar-refractivity contribution in [3.63, 3.8) is 0 Å². The van der Waals surface area contributed by atoms with Crippen LogP contribution in [0.4, 0.5) is 0 Å². The lowest BCUT2D eigenvalue weighted by Gasteiger charge is -2.31. The maximum Gasteiger partial charge on any atom is 0.246 e. The number of thiophene rings is 1. The Morgan fingerprint density at radius 1 is 1.17 bits per heavy atom. The van der Waals surface area contributed by atoms with E-state index in [0.29, 0.717) is 5.92 Å². The number of piperidine rings is 1. The van der Waals surface area contributed by atoms with Crippen LogP contribution in [-0.4, -0.2) is 23.9 Å². The van der Waals surface area contributed by atoms with E-state index in [1.165, 1.54) is 10.4 Å². The van der Waals surface area contributed by atoms with Crippen molar-refractivity contribution in [3.05, 3.63) is 63.9 Å². The average Bonchev–Trinajstić information content (AvgIpc) is 3.00. The fraction of sp³-hybridized carbons (Fsp3) is 0.350. The molecule has 1 aliphatic rings. The zero-order chi connectivity index (χ0) is 16.1. The number of benzene rings is 1. The number of hydrogen-bond donors (Lipinski definition) is 0. The van der Waals surface area contributed by atoms with Crippen LogP contribution >= 0.6 is 11.3 Å². The molecule has 0 aliphatic carbocycles. The zero-order valence-electron chi connectivity index (χ0n) is 13.6. The van der Waals surface area contributed by atoms with E-state index in [4.69, 9.17) is 0 Å². The molecule has 2 heterocycles. The minimum absolute atomic E-state index is 0.147. The highest BCUT2D eigenvalue weighted by Gasteiger charge is 2.21. The van der Waals surface area contributed by atoms with Crippen LogP contribution < -0.4 is 0 Å². The molecule has 120 valence electrons. The number of carbonyl (C=O) groups is 1. The molecule has 0 radical (unpaired) electrons. The largest absolute Gasteiger partial charge is 0.339 e. The van der Waals surface area contributed by atoms with Crippen LogP contribution in [0.15, 0.2) is 48.5 Å². The zero-order valence-corrected chi connectivity index (χ0v) is 14.4.